The fourth-order valence-corrected chi connectivity index (χ4v) is 2.73. The summed E-state index contributed by atoms with van der Waals surface area (Å²) in [4.78, 5) is 16.4. The largest absolute Gasteiger partial charge is 0.291 e. The number of carbonyl (C=O) groups excluding carboxylic acids is 1. The highest BCUT2D eigenvalue weighted by molar-refractivity contribution is 7.11. The van der Waals surface area contributed by atoms with E-state index in [-0.39, 0.29) is 5.78 Å². The minimum absolute atomic E-state index is 0.312. The zero-order valence-electron chi connectivity index (χ0n) is 8.93. The monoisotopic (exact) mass is 296 g/mol. The van der Waals surface area contributed by atoms with E-state index in [2.05, 4.69) is 4.98 Å². The third kappa shape index (κ3) is 2.39. The molecule has 0 saturated heterocycles. The SMILES string of the molecule is N#CC(C(=O)c1cncs1)c1c(Cl)cccc1Cl. The molecule has 0 aliphatic heterocycles. The summed E-state index contributed by atoms with van der Waals surface area (Å²) in [7, 11) is 0. The highest BCUT2D eigenvalue weighted by atomic mass is 35.5. The molecule has 0 spiro atoms. The van der Waals surface area contributed by atoms with Crippen molar-refractivity contribution in [3.8, 4) is 6.07 Å². The highest BCUT2D eigenvalue weighted by Crippen LogP contribution is 2.33. The van der Waals surface area contributed by atoms with E-state index in [1.807, 2.05) is 6.07 Å². The van der Waals surface area contributed by atoms with Gasteiger partial charge in [-0.2, -0.15) is 5.26 Å². The molecule has 0 bridgehead atoms. The smallest absolute Gasteiger partial charge is 0.196 e. The lowest BCUT2D eigenvalue weighted by Crippen LogP contribution is -2.11. The van der Waals surface area contributed by atoms with Crippen LogP contribution >= 0.6 is 34.5 Å². The lowest BCUT2D eigenvalue weighted by atomic mass is 9.95. The molecule has 0 aliphatic carbocycles. The van der Waals surface area contributed by atoms with Crippen LogP contribution in [-0.4, -0.2) is 10.8 Å². The van der Waals surface area contributed by atoms with Gasteiger partial charge in [0.25, 0.3) is 0 Å². The van der Waals surface area contributed by atoms with Gasteiger partial charge in [0.2, 0.25) is 0 Å². The first kappa shape index (κ1) is 13.0. The average molecular weight is 297 g/mol. The molecule has 18 heavy (non-hydrogen) atoms. The molecule has 0 fully saturated rings. The van der Waals surface area contributed by atoms with E-state index < -0.39 is 5.92 Å². The van der Waals surface area contributed by atoms with Crippen LogP contribution in [0.3, 0.4) is 0 Å². The van der Waals surface area contributed by atoms with Crippen molar-refractivity contribution in [2.24, 2.45) is 0 Å². The second-order valence-electron chi connectivity index (χ2n) is 3.43. The van der Waals surface area contributed by atoms with Gasteiger partial charge in [-0.25, -0.2) is 0 Å². The molecule has 0 saturated carbocycles. The van der Waals surface area contributed by atoms with Crippen LogP contribution < -0.4 is 0 Å². The van der Waals surface area contributed by atoms with Gasteiger partial charge in [-0.15, -0.1) is 11.3 Å². The van der Waals surface area contributed by atoms with Crippen molar-refractivity contribution in [1.82, 2.24) is 4.98 Å². The van der Waals surface area contributed by atoms with Crippen LogP contribution in [0.25, 0.3) is 0 Å². The molecule has 1 heterocycles. The predicted octanol–water partition coefficient (Wildman–Crippen LogP) is 3.94. The van der Waals surface area contributed by atoms with E-state index in [0.29, 0.717) is 20.5 Å². The first-order valence-electron chi connectivity index (χ1n) is 4.91. The average Bonchev–Trinajstić information content (AvgIpc) is 2.87. The lowest BCUT2D eigenvalue weighted by molar-refractivity contribution is 0.0982. The summed E-state index contributed by atoms with van der Waals surface area (Å²) in [5, 5.41) is 9.82. The third-order valence-corrected chi connectivity index (χ3v) is 3.80. The molecule has 1 aromatic carbocycles. The van der Waals surface area contributed by atoms with Gasteiger partial charge in [0, 0.05) is 21.8 Å². The minimum Gasteiger partial charge on any atom is -0.291 e. The third-order valence-electron chi connectivity index (χ3n) is 2.35. The number of nitrogens with zero attached hydrogens (tertiary/aromatic N) is 2. The number of Topliss-reactive ketones (excluding diaryl/α,β-unsaturated/α-hetero) is 1. The Hall–Kier alpha value is -1.41. The Morgan fingerprint density at radius 3 is 2.56 bits per heavy atom. The predicted molar refractivity (Wildman–Crippen MR) is 71.3 cm³/mol. The molecule has 1 atom stereocenters. The molecule has 0 aliphatic rings. The molecule has 1 unspecified atom stereocenters. The van der Waals surface area contributed by atoms with Gasteiger partial charge < -0.3 is 0 Å². The van der Waals surface area contributed by atoms with Gasteiger partial charge in [-0.05, 0) is 12.1 Å². The van der Waals surface area contributed by atoms with Gasteiger partial charge in [-0.1, -0.05) is 29.3 Å². The zero-order valence-corrected chi connectivity index (χ0v) is 11.3. The second-order valence-corrected chi connectivity index (χ2v) is 5.13. The number of hydrogen-bond acceptors (Lipinski definition) is 4. The van der Waals surface area contributed by atoms with Crippen molar-refractivity contribution in [2.45, 2.75) is 5.92 Å². The van der Waals surface area contributed by atoms with Crippen molar-refractivity contribution in [3.63, 3.8) is 0 Å². The van der Waals surface area contributed by atoms with Crippen LogP contribution in [0, 0.1) is 11.3 Å². The Morgan fingerprint density at radius 1 is 1.39 bits per heavy atom. The van der Waals surface area contributed by atoms with E-state index in [1.54, 1.807) is 18.2 Å². The maximum atomic E-state index is 12.2. The Kier molecular flexibility index (Phi) is 3.97. The van der Waals surface area contributed by atoms with Crippen molar-refractivity contribution < 1.29 is 4.79 Å². The summed E-state index contributed by atoms with van der Waals surface area (Å²) in [6, 6.07) is 6.82. The van der Waals surface area contributed by atoms with Crippen molar-refractivity contribution in [2.75, 3.05) is 0 Å². The van der Waals surface area contributed by atoms with E-state index in [9.17, 15) is 10.1 Å². The van der Waals surface area contributed by atoms with Crippen molar-refractivity contribution in [3.05, 3.63) is 50.4 Å². The molecular weight excluding hydrogens is 291 g/mol. The minimum atomic E-state index is -1.01. The second kappa shape index (κ2) is 5.49. The number of thiazole rings is 1. The van der Waals surface area contributed by atoms with Crippen LogP contribution in [0.5, 0.6) is 0 Å². The summed E-state index contributed by atoms with van der Waals surface area (Å²) < 4.78 is 0. The summed E-state index contributed by atoms with van der Waals surface area (Å²) in [6.07, 6.45) is 1.43. The molecule has 90 valence electrons. The lowest BCUT2D eigenvalue weighted by Gasteiger charge is -2.10. The van der Waals surface area contributed by atoms with Gasteiger partial charge in [-0.3, -0.25) is 9.78 Å². The molecule has 2 aromatic rings. The molecule has 1 aromatic heterocycles. The van der Waals surface area contributed by atoms with Gasteiger partial charge in [0.15, 0.2) is 5.78 Å². The van der Waals surface area contributed by atoms with Crippen LogP contribution in [0.2, 0.25) is 10.0 Å². The topological polar surface area (TPSA) is 53.8 Å². The Balaban J connectivity index is 2.47. The maximum absolute atomic E-state index is 12.2. The van der Waals surface area contributed by atoms with Crippen LogP contribution in [-0.2, 0) is 0 Å². The quantitative estimate of drug-likeness (QED) is 0.806. The van der Waals surface area contributed by atoms with Gasteiger partial charge in [0.05, 0.1) is 16.5 Å². The summed E-state index contributed by atoms with van der Waals surface area (Å²) in [5.74, 6) is -1.35. The van der Waals surface area contributed by atoms with Crippen molar-refractivity contribution >= 4 is 40.3 Å². The summed E-state index contributed by atoms with van der Waals surface area (Å²) in [5.41, 5.74) is 1.89. The molecule has 3 nitrogen and oxygen atoms in total. The number of carbonyl (C=O) groups is 1. The highest BCUT2D eigenvalue weighted by Gasteiger charge is 2.27. The number of halogens is 2. The Morgan fingerprint density at radius 2 is 2.06 bits per heavy atom. The number of hydrogen-bond donors (Lipinski definition) is 0. The Bertz CT molecular complexity index is 599. The first-order valence-corrected chi connectivity index (χ1v) is 6.55. The standard InChI is InChI=1S/C12H6Cl2N2OS/c13-8-2-1-3-9(14)11(8)7(4-15)12(17)10-5-16-6-18-10/h1-3,5-7H. The normalized spacial score (nSPS) is 11.8. The molecule has 0 amide bonds. The van der Waals surface area contributed by atoms with Gasteiger partial charge >= 0.3 is 0 Å². The van der Waals surface area contributed by atoms with Crippen molar-refractivity contribution in [1.29, 1.82) is 5.26 Å². The van der Waals surface area contributed by atoms with Crippen LogP contribution in [0.1, 0.15) is 21.2 Å². The molecule has 0 N–H and O–H groups in total. The molecule has 6 heteroatoms. The number of nitriles is 1. The summed E-state index contributed by atoms with van der Waals surface area (Å²) >= 11 is 13.2. The van der Waals surface area contributed by atoms with E-state index >= 15 is 0 Å². The van der Waals surface area contributed by atoms with E-state index in [4.69, 9.17) is 23.2 Å². The number of rotatable bonds is 3. The first-order chi connectivity index (χ1) is 8.65. The zero-order chi connectivity index (χ0) is 13.1. The Labute approximate surface area is 118 Å². The maximum Gasteiger partial charge on any atom is 0.196 e. The molecular formula is C12H6Cl2N2OS. The fraction of sp³-hybridized carbons (Fsp3) is 0.0833. The number of benzene rings is 1. The van der Waals surface area contributed by atoms with Crippen LogP contribution in [0.15, 0.2) is 29.9 Å². The van der Waals surface area contributed by atoms with E-state index in [0.717, 1.165) is 0 Å². The fourth-order valence-electron chi connectivity index (χ4n) is 1.52. The summed E-state index contributed by atoms with van der Waals surface area (Å²) in [6.45, 7) is 0. The number of ketones is 1. The van der Waals surface area contributed by atoms with Crippen LogP contribution in [0.4, 0.5) is 0 Å². The van der Waals surface area contributed by atoms with E-state index in [1.165, 1.54) is 23.0 Å². The number of aromatic nitrogens is 1. The van der Waals surface area contributed by atoms with Gasteiger partial charge in [0.1, 0.15) is 5.92 Å². The molecule has 0 radical (unpaired) electrons. The molecule has 2 rings (SSSR count).